The van der Waals surface area contributed by atoms with Crippen molar-refractivity contribution in [1.82, 2.24) is 14.1 Å². The quantitative estimate of drug-likeness (QED) is 0.496. The smallest absolute Gasteiger partial charge is 0.261 e. The zero-order valence-corrected chi connectivity index (χ0v) is 20.3. The number of aromatic nitrogens is 2. The van der Waals surface area contributed by atoms with E-state index in [4.69, 9.17) is 0 Å². The average Bonchev–Trinajstić information content (AvgIpc) is 3.53. The summed E-state index contributed by atoms with van der Waals surface area (Å²) in [4.78, 5) is 1.93. The van der Waals surface area contributed by atoms with Gasteiger partial charge in [-0.25, -0.2) is 21.1 Å². The van der Waals surface area contributed by atoms with Crippen LogP contribution in [-0.2, 0) is 26.6 Å². The maximum Gasteiger partial charge on any atom is 0.261 e. The van der Waals surface area contributed by atoms with Crippen LogP contribution in [0.15, 0.2) is 70.6 Å². The van der Waals surface area contributed by atoms with Gasteiger partial charge in [-0.05, 0) is 55.3 Å². The highest BCUT2D eigenvalue weighted by atomic mass is 32.2. The van der Waals surface area contributed by atoms with E-state index in [1.54, 1.807) is 12.1 Å². The first-order valence-electron chi connectivity index (χ1n) is 10.5. The largest absolute Gasteiger partial charge is 0.367 e. The summed E-state index contributed by atoms with van der Waals surface area (Å²) in [5.74, 6) is 0. The van der Waals surface area contributed by atoms with Crippen molar-refractivity contribution in [1.29, 1.82) is 0 Å². The Balaban J connectivity index is 1.53. The van der Waals surface area contributed by atoms with E-state index in [9.17, 15) is 16.8 Å². The fraction of sp³-hybridized carbons (Fsp3) is 0.318. The third-order valence-corrected chi connectivity index (χ3v) is 8.67. The molecule has 0 unspecified atom stereocenters. The molecule has 1 fully saturated rings. The van der Waals surface area contributed by atoms with Crippen LogP contribution < -0.4 is 9.62 Å². The van der Waals surface area contributed by atoms with Gasteiger partial charge in [0.1, 0.15) is 0 Å². The van der Waals surface area contributed by atoms with Crippen molar-refractivity contribution in [3.63, 3.8) is 0 Å². The highest BCUT2D eigenvalue weighted by Crippen LogP contribution is 2.34. The molecule has 33 heavy (non-hydrogen) atoms. The lowest BCUT2D eigenvalue weighted by molar-refractivity contribution is 0.520. The highest BCUT2D eigenvalue weighted by molar-refractivity contribution is 7.92. The molecule has 176 valence electrons. The molecule has 0 atom stereocenters. The summed E-state index contributed by atoms with van der Waals surface area (Å²) in [6.07, 6.45) is 4.29. The first-order valence-corrected chi connectivity index (χ1v) is 13.4. The van der Waals surface area contributed by atoms with E-state index in [-0.39, 0.29) is 9.79 Å². The van der Waals surface area contributed by atoms with Crippen molar-refractivity contribution in [2.75, 3.05) is 30.8 Å². The Morgan fingerprint density at radius 3 is 2.21 bits per heavy atom. The van der Waals surface area contributed by atoms with Gasteiger partial charge in [-0.2, -0.15) is 5.10 Å². The van der Waals surface area contributed by atoms with Crippen LogP contribution in [0.5, 0.6) is 0 Å². The molecule has 0 amide bonds. The zero-order chi connectivity index (χ0) is 23.8. The van der Waals surface area contributed by atoms with Gasteiger partial charge in [0, 0.05) is 27.3 Å². The molecular formula is C22H27N5O4S2. The van der Waals surface area contributed by atoms with E-state index >= 15 is 0 Å². The number of rotatable bonds is 9. The molecule has 1 saturated carbocycles. The summed E-state index contributed by atoms with van der Waals surface area (Å²) in [5, 5.41) is 4.61. The number of nitrogens with zero attached hydrogens (tertiary/aromatic N) is 4. The molecule has 1 N–H and O–H groups in total. The lowest BCUT2D eigenvalue weighted by atomic mass is 10.2. The first-order chi connectivity index (χ1) is 15.6. The topological polar surface area (TPSA) is 105 Å². The summed E-state index contributed by atoms with van der Waals surface area (Å²) in [5.41, 5.74) is 2.03. The number of benzene rings is 2. The lowest BCUT2D eigenvalue weighted by Crippen LogP contribution is -2.22. The van der Waals surface area contributed by atoms with E-state index in [1.807, 2.05) is 41.0 Å². The zero-order valence-electron chi connectivity index (χ0n) is 18.7. The monoisotopic (exact) mass is 489 g/mol. The number of sulfonamides is 2. The SMILES string of the molecule is CN(Cc1ccn(C2CC2)n1)c1ccccc1NS(=O)(=O)c1ccc(S(=O)(=O)N(C)C)cc1. The summed E-state index contributed by atoms with van der Waals surface area (Å²) < 4.78 is 56.2. The Bertz CT molecular complexity index is 1350. The molecule has 3 aromatic rings. The molecule has 2 aromatic carbocycles. The molecule has 0 bridgehead atoms. The number of nitrogens with one attached hydrogen (secondary N) is 1. The number of hydrogen-bond donors (Lipinski definition) is 1. The van der Waals surface area contributed by atoms with Gasteiger partial charge in [0.15, 0.2) is 0 Å². The first kappa shape index (κ1) is 23.3. The van der Waals surface area contributed by atoms with Crippen molar-refractivity contribution in [2.45, 2.75) is 35.2 Å². The van der Waals surface area contributed by atoms with Crippen LogP contribution in [0.2, 0.25) is 0 Å². The van der Waals surface area contributed by atoms with Crippen LogP contribution >= 0.6 is 0 Å². The lowest BCUT2D eigenvalue weighted by Gasteiger charge is -2.22. The van der Waals surface area contributed by atoms with Crippen molar-refractivity contribution >= 4 is 31.4 Å². The van der Waals surface area contributed by atoms with Crippen molar-refractivity contribution in [3.8, 4) is 0 Å². The second-order valence-electron chi connectivity index (χ2n) is 8.26. The molecule has 1 aliphatic rings. The van der Waals surface area contributed by atoms with Crippen LogP contribution in [0.25, 0.3) is 0 Å². The second-order valence-corrected chi connectivity index (χ2v) is 12.1. The molecule has 0 radical (unpaired) electrons. The molecule has 9 nitrogen and oxygen atoms in total. The van der Waals surface area contributed by atoms with E-state index in [0.29, 0.717) is 24.0 Å². The molecule has 0 aliphatic heterocycles. The van der Waals surface area contributed by atoms with Gasteiger partial charge in [-0.3, -0.25) is 9.40 Å². The highest BCUT2D eigenvalue weighted by Gasteiger charge is 2.25. The van der Waals surface area contributed by atoms with Crippen molar-refractivity contribution in [3.05, 3.63) is 66.5 Å². The van der Waals surface area contributed by atoms with E-state index in [0.717, 1.165) is 22.8 Å². The Kier molecular flexibility index (Phi) is 6.21. The van der Waals surface area contributed by atoms with Gasteiger partial charge >= 0.3 is 0 Å². The van der Waals surface area contributed by atoms with Gasteiger partial charge in [0.2, 0.25) is 10.0 Å². The molecule has 4 rings (SSSR count). The van der Waals surface area contributed by atoms with Crippen LogP contribution in [0, 0.1) is 0 Å². The maximum atomic E-state index is 13.0. The number of hydrogen-bond acceptors (Lipinski definition) is 6. The predicted molar refractivity (Wildman–Crippen MR) is 127 cm³/mol. The Morgan fingerprint density at radius 2 is 1.58 bits per heavy atom. The molecular weight excluding hydrogens is 462 g/mol. The van der Waals surface area contributed by atoms with Crippen LogP contribution in [0.4, 0.5) is 11.4 Å². The van der Waals surface area contributed by atoms with Crippen LogP contribution in [0.3, 0.4) is 0 Å². The second kappa shape index (κ2) is 8.81. The molecule has 11 heteroatoms. The standard InChI is InChI=1S/C22H27N5O4S2/c1-25(2)33(30,31)20-12-10-19(11-13-20)32(28,29)24-21-6-4-5-7-22(21)26(3)16-17-14-15-27(23-17)18-8-9-18/h4-7,10-15,18,24H,8-9,16H2,1-3H3. The van der Waals surface area contributed by atoms with E-state index in [2.05, 4.69) is 9.82 Å². The third-order valence-electron chi connectivity index (χ3n) is 5.46. The van der Waals surface area contributed by atoms with E-state index in [1.165, 1.54) is 38.4 Å². The molecule has 0 saturated heterocycles. The minimum absolute atomic E-state index is 0.0252. The molecule has 1 aliphatic carbocycles. The predicted octanol–water partition coefficient (Wildman–Crippen LogP) is 2.91. The normalized spacial score (nSPS) is 14.4. The Hall–Kier alpha value is -2.89. The van der Waals surface area contributed by atoms with E-state index < -0.39 is 20.0 Å². The van der Waals surface area contributed by atoms with Gasteiger partial charge < -0.3 is 4.90 Å². The summed E-state index contributed by atoms with van der Waals surface area (Å²) in [6.45, 7) is 0.523. The van der Waals surface area contributed by atoms with Gasteiger partial charge in [-0.15, -0.1) is 0 Å². The molecule has 1 aromatic heterocycles. The maximum absolute atomic E-state index is 13.0. The van der Waals surface area contributed by atoms with Crippen LogP contribution in [0.1, 0.15) is 24.6 Å². The fourth-order valence-corrected chi connectivity index (χ4v) is 5.41. The minimum atomic E-state index is -3.93. The average molecular weight is 490 g/mol. The summed E-state index contributed by atoms with van der Waals surface area (Å²) >= 11 is 0. The fourth-order valence-electron chi connectivity index (χ4n) is 3.43. The number of para-hydroxylation sites is 2. The minimum Gasteiger partial charge on any atom is -0.367 e. The summed E-state index contributed by atoms with van der Waals surface area (Å²) in [6, 6.07) is 14.8. The number of anilines is 2. The molecule has 1 heterocycles. The van der Waals surface area contributed by atoms with Crippen molar-refractivity contribution < 1.29 is 16.8 Å². The van der Waals surface area contributed by atoms with Gasteiger partial charge in [0.05, 0.1) is 39.4 Å². The van der Waals surface area contributed by atoms with Gasteiger partial charge in [0.25, 0.3) is 10.0 Å². The van der Waals surface area contributed by atoms with Crippen molar-refractivity contribution in [2.24, 2.45) is 0 Å². The Morgan fingerprint density at radius 1 is 0.939 bits per heavy atom. The summed E-state index contributed by atoms with van der Waals surface area (Å²) in [7, 11) is -2.85. The molecule has 0 spiro atoms. The third kappa shape index (κ3) is 5.05. The van der Waals surface area contributed by atoms with Crippen LogP contribution in [-0.4, -0.2) is 52.1 Å². The van der Waals surface area contributed by atoms with Gasteiger partial charge in [-0.1, -0.05) is 12.1 Å². The Labute approximate surface area is 194 Å².